The number of hydrogen-bond donors (Lipinski definition) is 0. The van der Waals surface area contributed by atoms with E-state index < -0.39 is 12.7 Å². The molecule has 2 heterocycles. The highest BCUT2D eigenvalue weighted by Crippen LogP contribution is 2.21. The van der Waals surface area contributed by atoms with Crippen LogP contribution in [-0.4, -0.2) is 79.1 Å². The van der Waals surface area contributed by atoms with Crippen molar-refractivity contribution in [1.82, 2.24) is 14.7 Å². The molecule has 0 aromatic rings. The molecule has 2 fully saturated rings. The number of hydrogen-bond acceptors (Lipinski definition) is 3. The van der Waals surface area contributed by atoms with Gasteiger partial charge in [0, 0.05) is 26.2 Å². The third kappa shape index (κ3) is 3.10. The van der Waals surface area contributed by atoms with Crippen LogP contribution in [0.15, 0.2) is 0 Å². The minimum atomic E-state index is -4.16. The normalized spacial score (nSPS) is 28.4. The predicted molar refractivity (Wildman–Crippen MR) is 55.5 cm³/mol. The molecule has 0 aromatic carbocycles. The molecule has 0 aliphatic carbocycles. The smallest absolute Gasteiger partial charge is 0.335 e. The van der Waals surface area contributed by atoms with Gasteiger partial charge in [0.2, 0.25) is 5.91 Å². The van der Waals surface area contributed by atoms with Crippen LogP contribution in [0.4, 0.5) is 13.2 Å². The summed E-state index contributed by atoms with van der Waals surface area (Å²) in [7, 11) is 1.82. The number of carbonyl (C=O) groups excluding carboxylic acids is 1. The highest BCUT2D eigenvalue weighted by molar-refractivity contribution is 5.79. The quantitative estimate of drug-likeness (QED) is 0.656. The second-order valence-electron chi connectivity index (χ2n) is 4.79. The number of amides is 1. The van der Waals surface area contributed by atoms with Crippen molar-refractivity contribution in [2.45, 2.75) is 12.2 Å². The van der Waals surface area contributed by atoms with Crippen LogP contribution in [0.3, 0.4) is 0 Å². The van der Waals surface area contributed by atoms with E-state index in [4.69, 9.17) is 0 Å². The topological polar surface area (TPSA) is 26.8 Å². The minimum absolute atomic E-state index is 0.0235. The summed E-state index contributed by atoms with van der Waals surface area (Å²) in [6.07, 6.45) is -4.16. The predicted octanol–water partition coefficient (Wildman–Crippen LogP) is 0.00690. The lowest BCUT2D eigenvalue weighted by Crippen LogP contribution is -2.64. The van der Waals surface area contributed by atoms with E-state index in [1.54, 1.807) is 4.90 Å². The number of halogens is 3. The summed E-state index contributed by atoms with van der Waals surface area (Å²) >= 11 is 0. The van der Waals surface area contributed by atoms with Gasteiger partial charge in [0.15, 0.2) is 0 Å². The molecule has 0 aromatic heterocycles. The van der Waals surface area contributed by atoms with E-state index in [0.717, 1.165) is 0 Å². The van der Waals surface area contributed by atoms with Gasteiger partial charge >= 0.3 is 6.18 Å². The Labute approximate surface area is 97.9 Å². The molecule has 1 amide bonds. The van der Waals surface area contributed by atoms with Crippen molar-refractivity contribution >= 4 is 5.91 Å². The Morgan fingerprint density at radius 2 is 2.00 bits per heavy atom. The lowest BCUT2D eigenvalue weighted by Gasteiger charge is -2.46. The zero-order valence-corrected chi connectivity index (χ0v) is 9.70. The van der Waals surface area contributed by atoms with E-state index in [2.05, 4.69) is 0 Å². The van der Waals surface area contributed by atoms with Crippen LogP contribution in [-0.2, 0) is 4.79 Å². The zero-order valence-electron chi connectivity index (χ0n) is 9.70. The Kier molecular flexibility index (Phi) is 3.31. The van der Waals surface area contributed by atoms with Gasteiger partial charge < -0.3 is 4.90 Å². The molecule has 2 aliphatic rings. The Hall–Kier alpha value is -0.820. The van der Waals surface area contributed by atoms with E-state index in [0.29, 0.717) is 32.7 Å². The summed E-state index contributed by atoms with van der Waals surface area (Å²) in [5.74, 6) is 0.0235. The third-order valence-electron chi connectivity index (χ3n) is 3.22. The zero-order chi connectivity index (χ0) is 12.6. The Bertz CT molecular complexity index is 308. The lowest BCUT2D eigenvalue weighted by molar-refractivity contribution is -0.159. The molecule has 17 heavy (non-hydrogen) atoms. The van der Waals surface area contributed by atoms with Crippen molar-refractivity contribution in [1.29, 1.82) is 0 Å². The summed E-state index contributed by atoms with van der Waals surface area (Å²) in [6.45, 7) is 1.18. The molecule has 0 spiro atoms. The first-order valence-electron chi connectivity index (χ1n) is 5.62. The number of piperazine rings is 2. The van der Waals surface area contributed by atoms with Gasteiger partial charge in [-0.05, 0) is 7.05 Å². The molecule has 2 rings (SSSR count). The van der Waals surface area contributed by atoms with Gasteiger partial charge in [-0.15, -0.1) is 0 Å². The van der Waals surface area contributed by atoms with Crippen LogP contribution in [0, 0.1) is 0 Å². The molecule has 0 bridgehead atoms. The van der Waals surface area contributed by atoms with Gasteiger partial charge in [-0.2, -0.15) is 13.2 Å². The largest absolute Gasteiger partial charge is 0.401 e. The summed E-state index contributed by atoms with van der Waals surface area (Å²) in [6, 6.07) is -0.0997. The minimum Gasteiger partial charge on any atom is -0.335 e. The summed E-state index contributed by atoms with van der Waals surface area (Å²) < 4.78 is 36.9. The van der Waals surface area contributed by atoms with E-state index in [9.17, 15) is 18.0 Å². The van der Waals surface area contributed by atoms with Crippen molar-refractivity contribution in [3.05, 3.63) is 0 Å². The molecular formula is C10H16F3N3O. The third-order valence-corrected chi connectivity index (χ3v) is 3.22. The molecule has 7 heteroatoms. The summed E-state index contributed by atoms with van der Waals surface area (Å²) in [5, 5.41) is 0. The van der Waals surface area contributed by atoms with E-state index in [-0.39, 0.29) is 11.9 Å². The fourth-order valence-corrected chi connectivity index (χ4v) is 2.55. The van der Waals surface area contributed by atoms with Gasteiger partial charge in [0.1, 0.15) is 0 Å². The van der Waals surface area contributed by atoms with Crippen LogP contribution in [0.2, 0.25) is 0 Å². The summed E-state index contributed by atoms with van der Waals surface area (Å²) in [5.41, 5.74) is 0. The number of carbonyl (C=O) groups is 1. The Balaban J connectivity index is 1.96. The molecule has 0 saturated carbocycles. The van der Waals surface area contributed by atoms with Gasteiger partial charge in [0.25, 0.3) is 0 Å². The molecule has 1 atom stereocenters. The maximum Gasteiger partial charge on any atom is 0.401 e. The molecule has 4 nitrogen and oxygen atoms in total. The number of fused-ring (bicyclic) bond motifs is 1. The maximum atomic E-state index is 12.3. The van der Waals surface area contributed by atoms with Crippen LogP contribution >= 0.6 is 0 Å². The number of nitrogens with zero attached hydrogens (tertiary/aromatic N) is 3. The van der Waals surface area contributed by atoms with Gasteiger partial charge in [0.05, 0.1) is 19.1 Å². The highest BCUT2D eigenvalue weighted by Gasteiger charge is 2.38. The van der Waals surface area contributed by atoms with Crippen LogP contribution < -0.4 is 0 Å². The summed E-state index contributed by atoms with van der Waals surface area (Å²) in [4.78, 5) is 16.6. The first-order chi connectivity index (χ1) is 7.85. The fourth-order valence-electron chi connectivity index (χ4n) is 2.55. The second-order valence-corrected chi connectivity index (χ2v) is 4.79. The first kappa shape index (κ1) is 12.6. The Morgan fingerprint density at radius 1 is 1.29 bits per heavy atom. The van der Waals surface area contributed by atoms with Gasteiger partial charge in [-0.3, -0.25) is 14.6 Å². The van der Waals surface area contributed by atoms with Crippen molar-refractivity contribution in [2.75, 3.05) is 46.3 Å². The Morgan fingerprint density at radius 3 is 2.65 bits per heavy atom. The van der Waals surface area contributed by atoms with E-state index in [1.165, 1.54) is 4.90 Å². The highest BCUT2D eigenvalue weighted by atomic mass is 19.4. The average Bonchev–Trinajstić information content (AvgIpc) is 2.13. The molecule has 2 aliphatic heterocycles. The van der Waals surface area contributed by atoms with Gasteiger partial charge in [-0.25, -0.2) is 0 Å². The average molecular weight is 251 g/mol. The fraction of sp³-hybridized carbons (Fsp3) is 0.900. The second kappa shape index (κ2) is 4.45. The van der Waals surface area contributed by atoms with E-state index >= 15 is 0 Å². The van der Waals surface area contributed by atoms with Crippen molar-refractivity contribution < 1.29 is 18.0 Å². The SMILES string of the molecule is CN1CC(=O)N2CCN(CC(F)(F)F)CC2C1. The molecule has 2 saturated heterocycles. The lowest BCUT2D eigenvalue weighted by atomic mass is 10.1. The van der Waals surface area contributed by atoms with Crippen molar-refractivity contribution in [2.24, 2.45) is 0 Å². The number of likely N-dealkylation sites (N-methyl/N-ethyl adjacent to an activating group) is 1. The molecule has 0 N–H and O–H groups in total. The number of rotatable bonds is 1. The van der Waals surface area contributed by atoms with Crippen molar-refractivity contribution in [3.8, 4) is 0 Å². The maximum absolute atomic E-state index is 12.3. The van der Waals surface area contributed by atoms with Crippen LogP contribution in [0.1, 0.15) is 0 Å². The van der Waals surface area contributed by atoms with Gasteiger partial charge in [-0.1, -0.05) is 0 Å². The molecule has 1 unspecified atom stereocenters. The molecule has 98 valence electrons. The first-order valence-corrected chi connectivity index (χ1v) is 5.62. The van der Waals surface area contributed by atoms with E-state index in [1.807, 2.05) is 11.9 Å². The molecule has 0 radical (unpaired) electrons. The van der Waals surface area contributed by atoms with Crippen molar-refractivity contribution in [3.63, 3.8) is 0 Å². The number of alkyl halides is 3. The molecular weight excluding hydrogens is 235 g/mol. The standard InChI is InChI=1S/C10H16F3N3O/c1-14-4-8-5-15(7-10(11,12)13)2-3-16(8)9(17)6-14/h8H,2-7H2,1H3. The van der Waals surface area contributed by atoms with Crippen LogP contribution in [0.25, 0.3) is 0 Å². The van der Waals surface area contributed by atoms with Crippen LogP contribution in [0.5, 0.6) is 0 Å². The monoisotopic (exact) mass is 251 g/mol.